The van der Waals surface area contributed by atoms with Gasteiger partial charge in [0.1, 0.15) is 11.8 Å². The van der Waals surface area contributed by atoms with Crippen LogP contribution in [0.5, 0.6) is 5.75 Å². The Bertz CT molecular complexity index is 1030. The van der Waals surface area contributed by atoms with Gasteiger partial charge < -0.3 is 10.1 Å². The molecule has 2 heterocycles. The Morgan fingerprint density at radius 2 is 1.97 bits per heavy atom. The number of ether oxygens (including phenoxy) is 1. The molecule has 3 unspecified atom stereocenters. The van der Waals surface area contributed by atoms with Crippen molar-refractivity contribution < 1.29 is 19.1 Å². The van der Waals surface area contributed by atoms with Crippen LogP contribution in [0.4, 0.5) is 5.13 Å². The lowest BCUT2D eigenvalue weighted by atomic mass is 9.81. The molecule has 2 aliphatic rings. The zero-order valence-corrected chi connectivity index (χ0v) is 20.8. The van der Waals surface area contributed by atoms with Crippen molar-refractivity contribution in [3.8, 4) is 17.0 Å². The molecule has 1 saturated heterocycles. The molecule has 1 aromatic carbocycles. The number of amides is 3. The highest BCUT2D eigenvalue weighted by atomic mass is 32.2. The van der Waals surface area contributed by atoms with Crippen molar-refractivity contribution in [2.75, 3.05) is 24.4 Å². The molecule has 33 heavy (non-hydrogen) atoms. The fraction of sp³-hybridized carbons (Fsp3) is 0.500. The molecule has 1 aromatic heterocycles. The normalized spacial score (nSPS) is 21.1. The van der Waals surface area contributed by atoms with E-state index in [-0.39, 0.29) is 29.6 Å². The van der Waals surface area contributed by atoms with Crippen molar-refractivity contribution in [2.45, 2.75) is 45.1 Å². The number of hydrogen-bond acceptors (Lipinski definition) is 7. The van der Waals surface area contributed by atoms with Crippen LogP contribution in [0.15, 0.2) is 23.6 Å². The number of thioether (sulfide) groups is 1. The molecule has 2 fully saturated rings. The van der Waals surface area contributed by atoms with Gasteiger partial charge in [0.2, 0.25) is 17.7 Å². The average molecular weight is 488 g/mol. The maximum atomic E-state index is 13.3. The van der Waals surface area contributed by atoms with Gasteiger partial charge >= 0.3 is 0 Å². The van der Waals surface area contributed by atoms with Gasteiger partial charge in [0.25, 0.3) is 0 Å². The van der Waals surface area contributed by atoms with Crippen LogP contribution in [0.3, 0.4) is 0 Å². The molecule has 1 N–H and O–H groups in total. The number of benzene rings is 1. The molecule has 0 spiro atoms. The van der Waals surface area contributed by atoms with Crippen molar-refractivity contribution in [1.29, 1.82) is 0 Å². The van der Waals surface area contributed by atoms with Gasteiger partial charge in [-0.25, -0.2) is 4.98 Å². The van der Waals surface area contributed by atoms with Crippen molar-refractivity contribution >= 4 is 46.0 Å². The van der Waals surface area contributed by atoms with E-state index < -0.39 is 6.04 Å². The number of thiazole rings is 1. The Hall–Kier alpha value is -2.39. The molecule has 9 heteroatoms. The summed E-state index contributed by atoms with van der Waals surface area (Å²) in [6.45, 7) is 2.00. The minimum atomic E-state index is -0.816. The molecule has 1 aliphatic heterocycles. The second-order valence-corrected chi connectivity index (χ2v) is 10.4. The standard InChI is InChI=1S/C24H29N3O4S2/c1-14-8-9-20(31-2)17(12-14)18-13-33-24(25-18)26-21(28)19(10-11-32-3)27-22(29)15-6-4-5-7-16(15)23(27)30/h8-9,12-13,15-16,19H,4-7,10-11H2,1-3H3,(H,25,26,28). The Kier molecular flexibility index (Phi) is 7.38. The molecule has 1 aliphatic carbocycles. The zero-order valence-electron chi connectivity index (χ0n) is 19.1. The Morgan fingerprint density at radius 3 is 2.61 bits per heavy atom. The first kappa shape index (κ1) is 23.8. The molecular weight excluding hydrogens is 458 g/mol. The predicted octanol–water partition coefficient (Wildman–Crippen LogP) is 4.36. The van der Waals surface area contributed by atoms with Crippen molar-refractivity contribution in [3.05, 3.63) is 29.1 Å². The molecular formula is C24H29N3O4S2. The number of likely N-dealkylation sites (tertiary alicyclic amines) is 1. The first-order chi connectivity index (χ1) is 15.9. The predicted molar refractivity (Wildman–Crippen MR) is 132 cm³/mol. The lowest BCUT2D eigenvalue weighted by molar-refractivity contribution is -0.146. The third-order valence-electron chi connectivity index (χ3n) is 6.45. The summed E-state index contributed by atoms with van der Waals surface area (Å²) in [6, 6.07) is 5.04. The summed E-state index contributed by atoms with van der Waals surface area (Å²) < 4.78 is 5.46. The largest absolute Gasteiger partial charge is 0.496 e. The number of fused-ring (bicyclic) bond motifs is 1. The van der Waals surface area contributed by atoms with Gasteiger partial charge in [-0.3, -0.25) is 19.3 Å². The summed E-state index contributed by atoms with van der Waals surface area (Å²) in [4.78, 5) is 45.3. The molecule has 7 nitrogen and oxygen atoms in total. The topological polar surface area (TPSA) is 88.6 Å². The summed E-state index contributed by atoms with van der Waals surface area (Å²) in [5.74, 6) is 0.116. The number of imide groups is 1. The van der Waals surface area contributed by atoms with Gasteiger partial charge in [-0.2, -0.15) is 11.8 Å². The molecule has 0 radical (unpaired) electrons. The summed E-state index contributed by atoms with van der Waals surface area (Å²) in [6.07, 6.45) is 5.76. The van der Waals surface area contributed by atoms with Gasteiger partial charge in [0.15, 0.2) is 5.13 Å². The third-order valence-corrected chi connectivity index (χ3v) is 7.85. The van der Waals surface area contributed by atoms with E-state index in [2.05, 4.69) is 10.3 Å². The summed E-state index contributed by atoms with van der Waals surface area (Å²) in [7, 11) is 1.61. The van der Waals surface area contributed by atoms with E-state index in [1.165, 1.54) is 16.2 Å². The number of nitrogens with one attached hydrogen (secondary N) is 1. The number of aryl methyl sites for hydroxylation is 1. The van der Waals surface area contributed by atoms with Crippen LogP contribution in [0.25, 0.3) is 11.3 Å². The Morgan fingerprint density at radius 1 is 1.27 bits per heavy atom. The molecule has 2 aromatic rings. The summed E-state index contributed by atoms with van der Waals surface area (Å²) >= 11 is 2.90. The lowest BCUT2D eigenvalue weighted by Crippen LogP contribution is -2.48. The Balaban J connectivity index is 1.55. The number of carbonyl (C=O) groups is 3. The quantitative estimate of drug-likeness (QED) is 0.557. The minimum absolute atomic E-state index is 0.185. The number of rotatable bonds is 8. The van der Waals surface area contributed by atoms with Crippen LogP contribution >= 0.6 is 23.1 Å². The number of hydrogen-bond donors (Lipinski definition) is 1. The van der Waals surface area contributed by atoms with Crippen LogP contribution in [-0.4, -0.2) is 52.8 Å². The van der Waals surface area contributed by atoms with Gasteiger partial charge in [-0.1, -0.05) is 24.5 Å². The van der Waals surface area contributed by atoms with Gasteiger partial charge in [0.05, 0.1) is 24.6 Å². The van der Waals surface area contributed by atoms with Crippen LogP contribution in [0.1, 0.15) is 37.7 Å². The number of carbonyl (C=O) groups excluding carboxylic acids is 3. The maximum absolute atomic E-state index is 13.3. The van der Waals surface area contributed by atoms with Gasteiger partial charge in [-0.15, -0.1) is 11.3 Å². The molecule has 3 amide bonds. The van der Waals surface area contributed by atoms with E-state index in [4.69, 9.17) is 4.74 Å². The summed E-state index contributed by atoms with van der Waals surface area (Å²) in [5, 5.41) is 5.16. The first-order valence-corrected chi connectivity index (χ1v) is 13.5. The van der Waals surface area contributed by atoms with Gasteiger partial charge in [-0.05, 0) is 50.3 Å². The second kappa shape index (κ2) is 10.3. The highest BCUT2D eigenvalue weighted by molar-refractivity contribution is 7.98. The Labute approximate surface area is 202 Å². The maximum Gasteiger partial charge on any atom is 0.249 e. The first-order valence-electron chi connectivity index (χ1n) is 11.2. The van der Waals surface area contributed by atoms with Crippen molar-refractivity contribution in [1.82, 2.24) is 9.88 Å². The molecule has 4 rings (SSSR count). The van der Waals surface area contributed by atoms with Gasteiger partial charge in [0, 0.05) is 10.9 Å². The second-order valence-electron chi connectivity index (χ2n) is 8.57. The highest BCUT2D eigenvalue weighted by Gasteiger charge is 2.51. The lowest BCUT2D eigenvalue weighted by Gasteiger charge is -2.25. The molecule has 176 valence electrons. The van der Waals surface area contributed by atoms with Crippen molar-refractivity contribution in [3.63, 3.8) is 0 Å². The van der Waals surface area contributed by atoms with E-state index >= 15 is 0 Å². The van der Waals surface area contributed by atoms with Crippen molar-refractivity contribution in [2.24, 2.45) is 11.8 Å². The SMILES string of the molecule is COc1ccc(C)cc1-c1csc(NC(=O)C(CCSC)N2C(=O)C3CCCCC3C2=O)n1. The fourth-order valence-corrected chi connectivity index (χ4v) is 5.94. The highest BCUT2D eigenvalue weighted by Crippen LogP contribution is 2.40. The number of nitrogens with zero attached hydrogens (tertiary/aromatic N) is 2. The zero-order chi connectivity index (χ0) is 23.5. The van der Waals surface area contributed by atoms with Crippen LogP contribution in [0.2, 0.25) is 0 Å². The smallest absolute Gasteiger partial charge is 0.249 e. The van der Waals surface area contributed by atoms with E-state index in [0.29, 0.717) is 28.7 Å². The van der Waals surface area contributed by atoms with E-state index in [9.17, 15) is 14.4 Å². The number of methoxy groups -OCH3 is 1. The number of anilines is 1. The van der Waals surface area contributed by atoms with E-state index in [1.54, 1.807) is 18.9 Å². The third kappa shape index (κ3) is 4.80. The van der Waals surface area contributed by atoms with E-state index in [1.807, 2.05) is 36.8 Å². The number of aromatic nitrogens is 1. The molecule has 1 saturated carbocycles. The summed E-state index contributed by atoms with van der Waals surface area (Å²) in [5.41, 5.74) is 2.63. The van der Waals surface area contributed by atoms with Crippen LogP contribution < -0.4 is 10.1 Å². The monoisotopic (exact) mass is 487 g/mol. The van der Waals surface area contributed by atoms with Crippen LogP contribution in [0, 0.1) is 18.8 Å². The van der Waals surface area contributed by atoms with E-state index in [0.717, 1.165) is 36.8 Å². The van der Waals surface area contributed by atoms with Crippen LogP contribution in [-0.2, 0) is 14.4 Å². The molecule has 0 bridgehead atoms. The molecule has 3 atom stereocenters. The minimum Gasteiger partial charge on any atom is -0.496 e. The fourth-order valence-electron chi connectivity index (χ4n) is 4.77. The average Bonchev–Trinajstić information content (AvgIpc) is 3.38.